The number of carbonyl (C=O) groups is 1. The first-order valence-electron chi connectivity index (χ1n) is 5.71. The second kappa shape index (κ2) is 5.16. The highest BCUT2D eigenvalue weighted by molar-refractivity contribution is 5.65. The van der Waals surface area contributed by atoms with Crippen molar-refractivity contribution in [3.8, 4) is 0 Å². The summed E-state index contributed by atoms with van der Waals surface area (Å²) in [6.45, 7) is 0.481. The van der Waals surface area contributed by atoms with Crippen LogP contribution in [-0.4, -0.2) is 52.9 Å². The van der Waals surface area contributed by atoms with Gasteiger partial charge in [-0.25, -0.2) is 19.2 Å². The Labute approximate surface area is 104 Å². The molecule has 0 spiro atoms. The molecule has 18 heavy (non-hydrogen) atoms. The van der Waals surface area contributed by atoms with E-state index in [4.69, 9.17) is 5.11 Å². The molecule has 0 unspecified atom stereocenters. The van der Waals surface area contributed by atoms with E-state index in [9.17, 15) is 9.18 Å². The quantitative estimate of drug-likeness (QED) is 0.868. The van der Waals surface area contributed by atoms with Crippen LogP contribution in [0.2, 0.25) is 0 Å². The molecular weight excluding hydrogens is 239 g/mol. The fourth-order valence-corrected chi connectivity index (χ4v) is 1.87. The molecule has 0 saturated heterocycles. The Kier molecular flexibility index (Phi) is 3.59. The van der Waals surface area contributed by atoms with Crippen LogP contribution in [0, 0.1) is 0 Å². The molecule has 6 nitrogen and oxygen atoms in total. The predicted molar refractivity (Wildman–Crippen MR) is 63.4 cm³/mol. The number of anilines is 1. The Morgan fingerprint density at radius 2 is 2.44 bits per heavy atom. The minimum Gasteiger partial charge on any atom is -0.465 e. The number of aromatic nitrogens is 2. The van der Waals surface area contributed by atoms with Gasteiger partial charge in [-0.1, -0.05) is 0 Å². The van der Waals surface area contributed by atoms with Crippen molar-refractivity contribution in [1.82, 2.24) is 14.9 Å². The van der Waals surface area contributed by atoms with Gasteiger partial charge in [-0.3, -0.25) is 0 Å². The van der Waals surface area contributed by atoms with E-state index in [2.05, 4.69) is 9.97 Å². The van der Waals surface area contributed by atoms with Gasteiger partial charge in [-0.2, -0.15) is 0 Å². The predicted octanol–water partition coefficient (Wildman–Crippen LogP) is 0.918. The molecule has 1 aromatic rings. The summed E-state index contributed by atoms with van der Waals surface area (Å²) in [5.41, 5.74) is 1.67. The third-order valence-electron chi connectivity index (χ3n) is 2.97. The maximum absolute atomic E-state index is 12.3. The Bertz CT molecular complexity index is 455. The maximum Gasteiger partial charge on any atom is 0.407 e. The smallest absolute Gasteiger partial charge is 0.407 e. The molecule has 1 aliphatic rings. The van der Waals surface area contributed by atoms with Crippen molar-refractivity contribution in [2.24, 2.45) is 0 Å². The number of hydrogen-bond acceptors (Lipinski definition) is 4. The second-order valence-electron chi connectivity index (χ2n) is 4.21. The van der Waals surface area contributed by atoms with Crippen molar-refractivity contribution in [2.45, 2.75) is 13.0 Å². The topological polar surface area (TPSA) is 69.6 Å². The van der Waals surface area contributed by atoms with E-state index in [1.165, 1.54) is 4.90 Å². The lowest BCUT2D eigenvalue weighted by Gasteiger charge is -2.26. The van der Waals surface area contributed by atoms with Crippen molar-refractivity contribution < 1.29 is 14.3 Å². The van der Waals surface area contributed by atoms with Gasteiger partial charge in [-0.15, -0.1) is 0 Å². The number of hydrogen-bond donors (Lipinski definition) is 1. The minimum atomic E-state index is -0.946. The van der Waals surface area contributed by atoms with Crippen LogP contribution < -0.4 is 4.90 Å². The van der Waals surface area contributed by atoms with Gasteiger partial charge in [0, 0.05) is 26.3 Å². The summed E-state index contributed by atoms with van der Waals surface area (Å²) in [6.07, 6.45) is 1.37. The minimum absolute atomic E-state index is 0.224. The van der Waals surface area contributed by atoms with Crippen molar-refractivity contribution in [2.75, 3.05) is 31.7 Å². The highest BCUT2D eigenvalue weighted by Crippen LogP contribution is 2.18. The molecule has 0 aliphatic carbocycles. The zero-order valence-electron chi connectivity index (χ0n) is 10.1. The number of rotatable bonds is 3. The molecule has 1 aromatic heterocycles. The molecule has 2 rings (SSSR count). The van der Waals surface area contributed by atoms with E-state index in [0.717, 1.165) is 5.56 Å². The average molecular weight is 254 g/mol. The third-order valence-corrected chi connectivity index (χ3v) is 2.97. The molecule has 1 amide bonds. The van der Waals surface area contributed by atoms with Crippen molar-refractivity contribution >= 4 is 12.0 Å². The van der Waals surface area contributed by atoms with Crippen LogP contribution in [0.25, 0.3) is 0 Å². The molecule has 1 N–H and O–H groups in total. The van der Waals surface area contributed by atoms with E-state index in [0.29, 0.717) is 24.6 Å². The largest absolute Gasteiger partial charge is 0.465 e. The molecule has 0 saturated carbocycles. The number of amides is 1. The number of alkyl halides is 1. The number of halogens is 1. The Morgan fingerprint density at radius 3 is 3.11 bits per heavy atom. The summed E-state index contributed by atoms with van der Waals surface area (Å²) in [5.74, 6) is 0.429. The van der Waals surface area contributed by atoms with Crippen LogP contribution in [0.4, 0.5) is 15.1 Å². The molecule has 0 aromatic carbocycles. The van der Waals surface area contributed by atoms with Crippen molar-refractivity contribution in [3.63, 3.8) is 0 Å². The first-order valence-corrected chi connectivity index (χ1v) is 5.71. The summed E-state index contributed by atoms with van der Waals surface area (Å²) in [6, 6.07) is 0. The zero-order valence-corrected chi connectivity index (χ0v) is 10.1. The van der Waals surface area contributed by atoms with Crippen LogP contribution >= 0.6 is 0 Å². The summed E-state index contributed by atoms with van der Waals surface area (Å²) < 4.78 is 12.3. The van der Waals surface area contributed by atoms with Gasteiger partial charge in [-0.05, 0) is 12.0 Å². The monoisotopic (exact) mass is 254 g/mol. The summed E-state index contributed by atoms with van der Waals surface area (Å²) in [4.78, 5) is 22.3. The lowest BCUT2D eigenvalue weighted by molar-refractivity contribution is 0.139. The zero-order chi connectivity index (χ0) is 13.1. The van der Waals surface area contributed by atoms with Crippen LogP contribution in [0.5, 0.6) is 0 Å². The van der Waals surface area contributed by atoms with Gasteiger partial charge in [0.05, 0.1) is 12.2 Å². The second-order valence-corrected chi connectivity index (χ2v) is 4.21. The molecule has 7 heteroatoms. The standard InChI is InChI=1S/C11H15FN4O2/c1-15(5-3-12)10-13-6-8-2-4-16(11(17)18)7-9(8)14-10/h6H,2-5,7H2,1H3,(H,17,18). The number of carboxylic acid groups (broad SMARTS) is 1. The number of nitrogens with zero attached hydrogens (tertiary/aromatic N) is 4. The van der Waals surface area contributed by atoms with Crippen molar-refractivity contribution in [3.05, 3.63) is 17.5 Å². The summed E-state index contributed by atoms with van der Waals surface area (Å²) in [5, 5.41) is 8.95. The molecular formula is C11H15FN4O2. The SMILES string of the molecule is CN(CCF)c1ncc2c(n1)CN(C(=O)O)CC2. The Morgan fingerprint density at radius 1 is 1.67 bits per heavy atom. The van der Waals surface area contributed by atoms with Crippen LogP contribution in [-0.2, 0) is 13.0 Å². The third kappa shape index (κ3) is 2.49. The highest BCUT2D eigenvalue weighted by atomic mass is 19.1. The Hall–Kier alpha value is -1.92. The van der Waals surface area contributed by atoms with E-state index >= 15 is 0 Å². The van der Waals surface area contributed by atoms with Gasteiger partial charge in [0.2, 0.25) is 5.95 Å². The van der Waals surface area contributed by atoms with Gasteiger partial charge < -0.3 is 14.9 Å². The number of fused-ring (bicyclic) bond motifs is 1. The summed E-state index contributed by atoms with van der Waals surface area (Å²) in [7, 11) is 1.71. The highest BCUT2D eigenvalue weighted by Gasteiger charge is 2.22. The van der Waals surface area contributed by atoms with Crippen molar-refractivity contribution in [1.29, 1.82) is 0 Å². The van der Waals surface area contributed by atoms with Crippen LogP contribution in [0.15, 0.2) is 6.20 Å². The summed E-state index contributed by atoms with van der Waals surface area (Å²) >= 11 is 0. The van der Waals surface area contributed by atoms with E-state index in [1.807, 2.05) is 0 Å². The lowest BCUT2D eigenvalue weighted by Crippen LogP contribution is -2.36. The van der Waals surface area contributed by atoms with Gasteiger partial charge in [0.15, 0.2) is 0 Å². The first-order chi connectivity index (χ1) is 8.61. The van der Waals surface area contributed by atoms with E-state index in [-0.39, 0.29) is 13.1 Å². The maximum atomic E-state index is 12.3. The van der Waals surface area contributed by atoms with Crippen LogP contribution in [0.1, 0.15) is 11.3 Å². The van der Waals surface area contributed by atoms with E-state index < -0.39 is 12.8 Å². The van der Waals surface area contributed by atoms with Gasteiger partial charge in [0.1, 0.15) is 6.67 Å². The fourth-order valence-electron chi connectivity index (χ4n) is 1.87. The molecule has 1 aliphatic heterocycles. The molecule has 0 fully saturated rings. The lowest BCUT2D eigenvalue weighted by atomic mass is 10.1. The molecule has 0 radical (unpaired) electrons. The fraction of sp³-hybridized carbons (Fsp3) is 0.545. The van der Waals surface area contributed by atoms with E-state index in [1.54, 1.807) is 18.1 Å². The molecule has 0 bridgehead atoms. The van der Waals surface area contributed by atoms with Gasteiger partial charge >= 0.3 is 6.09 Å². The molecule has 2 heterocycles. The van der Waals surface area contributed by atoms with Gasteiger partial charge in [0.25, 0.3) is 0 Å². The average Bonchev–Trinajstić information content (AvgIpc) is 2.37. The van der Waals surface area contributed by atoms with Crippen LogP contribution in [0.3, 0.4) is 0 Å². The normalized spacial score (nSPS) is 14.2. The first kappa shape index (κ1) is 12.5. The Balaban J connectivity index is 2.20. The molecule has 0 atom stereocenters. The molecule has 98 valence electrons.